The molecular formula is C42H72O6. The molecule has 0 fully saturated rings. The van der Waals surface area contributed by atoms with Gasteiger partial charge in [0.1, 0.15) is 13.2 Å². The molecule has 0 amide bonds. The van der Waals surface area contributed by atoms with E-state index in [1.165, 1.54) is 44.9 Å². The van der Waals surface area contributed by atoms with Crippen LogP contribution in [0.4, 0.5) is 0 Å². The average Bonchev–Trinajstić information content (AvgIpc) is 3.08. The Morgan fingerprint density at radius 1 is 0.438 bits per heavy atom. The molecule has 0 rings (SSSR count). The maximum absolute atomic E-state index is 12.6. The van der Waals surface area contributed by atoms with Crippen LogP contribution < -0.4 is 0 Å². The molecule has 0 saturated carbocycles. The molecule has 0 aromatic rings. The third-order valence-corrected chi connectivity index (χ3v) is 8.07. The van der Waals surface area contributed by atoms with Gasteiger partial charge in [0.25, 0.3) is 0 Å². The van der Waals surface area contributed by atoms with Crippen molar-refractivity contribution in [3.8, 4) is 0 Å². The Kier molecular flexibility index (Phi) is 35.2. The van der Waals surface area contributed by atoms with Crippen LogP contribution in [-0.2, 0) is 28.6 Å². The number of rotatable bonds is 34. The molecule has 6 heteroatoms. The number of carbonyl (C=O) groups excluding carboxylic acids is 3. The molecule has 6 nitrogen and oxygen atoms in total. The van der Waals surface area contributed by atoms with Crippen molar-refractivity contribution in [1.82, 2.24) is 0 Å². The lowest BCUT2D eigenvalue weighted by molar-refractivity contribution is -0.167. The highest BCUT2D eigenvalue weighted by atomic mass is 16.6. The molecule has 0 spiro atoms. The number of unbranched alkanes of at least 4 members (excludes halogenated alkanes) is 15. The summed E-state index contributed by atoms with van der Waals surface area (Å²) in [6, 6.07) is 0. The number of carbonyl (C=O) groups is 3. The van der Waals surface area contributed by atoms with Crippen LogP contribution in [0.15, 0.2) is 48.6 Å². The summed E-state index contributed by atoms with van der Waals surface area (Å²) >= 11 is 0. The van der Waals surface area contributed by atoms with Crippen LogP contribution >= 0.6 is 0 Å². The van der Waals surface area contributed by atoms with Crippen LogP contribution in [-0.4, -0.2) is 37.2 Å². The summed E-state index contributed by atoms with van der Waals surface area (Å²) in [4.78, 5) is 37.3. The molecule has 0 aliphatic heterocycles. The molecule has 276 valence electrons. The topological polar surface area (TPSA) is 78.9 Å². The van der Waals surface area contributed by atoms with Crippen LogP contribution in [0, 0.1) is 0 Å². The van der Waals surface area contributed by atoms with Gasteiger partial charge in [-0.1, -0.05) is 140 Å². The van der Waals surface area contributed by atoms with Crippen molar-refractivity contribution in [2.45, 2.75) is 187 Å². The number of hydrogen-bond acceptors (Lipinski definition) is 6. The zero-order valence-electron chi connectivity index (χ0n) is 31.2. The fraction of sp³-hybridized carbons (Fsp3) is 0.738. The predicted octanol–water partition coefficient (Wildman–Crippen LogP) is 12.0. The lowest BCUT2D eigenvalue weighted by Crippen LogP contribution is -2.30. The number of allylic oxidation sites excluding steroid dienone is 8. The zero-order chi connectivity index (χ0) is 35.2. The fourth-order valence-corrected chi connectivity index (χ4v) is 5.08. The zero-order valence-corrected chi connectivity index (χ0v) is 31.2. The Labute approximate surface area is 295 Å². The summed E-state index contributed by atoms with van der Waals surface area (Å²) in [5.41, 5.74) is 0. The van der Waals surface area contributed by atoms with Gasteiger partial charge in [-0.2, -0.15) is 0 Å². The minimum absolute atomic E-state index is 0.0869. The maximum atomic E-state index is 12.6. The van der Waals surface area contributed by atoms with E-state index in [4.69, 9.17) is 14.2 Å². The highest BCUT2D eigenvalue weighted by Gasteiger charge is 2.19. The van der Waals surface area contributed by atoms with Gasteiger partial charge >= 0.3 is 17.9 Å². The SMILES string of the molecule is CC/C=C\C/C=C\C/C=C\CCCCCC(=O)OCC(COC(=O)CCCCCCCC)OC(=O)CCCCCCC/C=C\CCCC. The first-order valence-electron chi connectivity index (χ1n) is 19.6. The Morgan fingerprint density at radius 3 is 1.38 bits per heavy atom. The Hall–Kier alpha value is -2.63. The van der Waals surface area contributed by atoms with E-state index < -0.39 is 6.10 Å². The van der Waals surface area contributed by atoms with E-state index in [1.54, 1.807) is 0 Å². The smallest absolute Gasteiger partial charge is 0.306 e. The average molecular weight is 673 g/mol. The molecule has 0 aliphatic rings. The van der Waals surface area contributed by atoms with Gasteiger partial charge in [0.2, 0.25) is 0 Å². The van der Waals surface area contributed by atoms with E-state index in [0.29, 0.717) is 19.3 Å². The number of ether oxygens (including phenoxy) is 3. The van der Waals surface area contributed by atoms with E-state index in [9.17, 15) is 14.4 Å². The second kappa shape index (κ2) is 37.2. The minimum Gasteiger partial charge on any atom is -0.462 e. The van der Waals surface area contributed by atoms with Gasteiger partial charge in [0, 0.05) is 19.3 Å². The van der Waals surface area contributed by atoms with E-state index in [2.05, 4.69) is 69.4 Å². The third kappa shape index (κ3) is 34.7. The Balaban J connectivity index is 4.39. The standard InChI is InChI=1S/C42H72O6/c1-4-7-10-13-16-18-20-21-23-24-26-29-32-35-41(44)47-38-39(37-46-40(43)34-31-28-15-12-9-6-3)48-42(45)36-33-30-27-25-22-19-17-14-11-8-5-2/h7,10,14,16-18,21,23,39H,4-6,8-9,11-13,15,19-20,22,24-38H2,1-3H3/b10-7-,17-14-,18-16-,23-21-. The quantitative estimate of drug-likeness (QED) is 0.0293. The molecule has 0 aliphatic carbocycles. The van der Waals surface area contributed by atoms with E-state index in [-0.39, 0.29) is 31.1 Å². The molecule has 0 N–H and O–H groups in total. The summed E-state index contributed by atoms with van der Waals surface area (Å²) in [6.45, 7) is 6.35. The van der Waals surface area contributed by atoms with Crippen LogP contribution in [0.5, 0.6) is 0 Å². The molecule has 1 atom stereocenters. The predicted molar refractivity (Wildman–Crippen MR) is 201 cm³/mol. The van der Waals surface area contributed by atoms with Crippen molar-refractivity contribution in [2.24, 2.45) is 0 Å². The summed E-state index contributed by atoms with van der Waals surface area (Å²) in [5.74, 6) is -0.946. The fourth-order valence-electron chi connectivity index (χ4n) is 5.08. The van der Waals surface area contributed by atoms with Crippen molar-refractivity contribution >= 4 is 17.9 Å². The Bertz CT molecular complexity index is 871. The van der Waals surface area contributed by atoms with E-state index in [1.807, 2.05) is 0 Å². The maximum Gasteiger partial charge on any atom is 0.306 e. The van der Waals surface area contributed by atoms with Crippen molar-refractivity contribution < 1.29 is 28.6 Å². The lowest BCUT2D eigenvalue weighted by atomic mass is 10.1. The molecule has 48 heavy (non-hydrogen) atoms. The summed E-state index contributed by atoms with van der Waals surface area (Å²) < 4.78 is 16.5. The van der Waals surface area contributed by atoms with Crippen molar-refractivity contribution in [2.75, 3.05) is 13.2 Å². The minimum atomic E-state index is -0.781. The van der Waals surface area contributed by atoms with Gasteiger partial charge in [-0.15, -0.1) is 0 Å². The van der Waals surface area contributed by atoms with Crippen LogP contribution in [0.1, 0.15) is 181 Å². The summed E-state index contributed by atoms with van der Waals surface area (Å²) in [5, 5.41) is 0. The largest absolute Gasteiger partial charge is 0.462 e. The van der Waals surface area contributed by atoms with Gasteiger partial charge in [0.15, 0.2) is 6.10 Å². The van der Waals surface area contributed by atoms with Crippen molar-refractivity contribution in [1.29, 1.82) is 0 Å². The van der Waals surface area contributed by atoms with Gasteiger partial charge in [-0.05, 0) is 70.6 Å². The monoisotopic (exact) mass is 673 g/mol. The van der Waals surface area contributed by atoms with Gasteiger partial charge in [-0.25, -0.2) is 0 Å². The highest BCUT2D eigenvalue weighted by molar-refractivity contribution is 5.71. The molecule has 1 unspecified atom stereocenters. The first kappa shape index (κ1) is 45.4. The second-order valence-electron chi connectivity index (χ2n) is 12.8. The molecular weight excluding hydrogens is 600 g/mol. The molecule has 0 bridgehead atoms. The summed E-state index contributed by atoms with van der Waals surface area (Å²) in [7, 11) is 0. The van der Waals surface area contributed by atoms with E-state index >= 15 is 0 Å². The highest BCUT2D eigenvalue weighted by Crippen LogP contribution is 2.12. The first-order valence-corrected chi connectivity index (χ1v) is 19.6. The number of esters is 3. The third-order valence-electron chi connectivity index (χ3n) is 8.07. The van der Waals surface area contributed by atoms with Gasteiger partial charge in [-0.3, -0.25) is 14.4 Å². The van der Waals surface area contributed by atoms with Crippen LogP contribution in [0.25, 0.3) is 0 Å². The van der Waals surface area contributed by atoms with E-state index in [0.717, 1.165) is 96.3 Å². The van der Waals surface area contributed by atoms with Crippen molar-refractivity contribution in [3.05, 3.63) is 48.6 Å². The van der Waals surface area contributed by atoms with Gasteiger partial charge < -0.3 is 14.2 Å². The normalized spacial score (nSPS) is 12.5. The lowest BCUT2D eigenvalue weighted by Gasteiger charge is -2.18. The molecule has 0 saturated heterocycles. The van der Waals surface area contributed by atoms with Crippen LogP contribution in [0.2, 0.25) is 0 Å². The second-order valence-corrected chi connectivity index (χ2v) is 12.8. The molecule has 0 aromatic heterocycles. The van der Waals surface area contributed by atoms with Crippen molar-refractivity contribution in [3.63, 3.8) is 0 Å². The summed E-state index contributed by atoms with van der Waals surface area (Å²) in [6.07, 6.45) is 41.1. The van der Waals surface area contributed by atoms with Crippen LogP contribution in [0.3, 0.4) is 0 Å². The Morgan fingerprint density at radius 2 is 0.833 bits per heavy atom. The van der Waals surface area contributed by atoms with Gasteiger partial charge in [0.05, 0.1) is 0 Å². The molecule has 0 radical (unpaired) electrons. The first-order chi connectivity index (χ1) is 23.5. The molecule has 0 heterocycles. The number of hydrogen-bond donors (Lipinski definition) is 0. The molecule has 0 aromatic carbocycles.